The molecule has 1 aromatic rings. The third-order valence-corrected chi connectivity index (χ3v) is 3.89. The number of carbonyl (C=O) groups excluding carboxylic acids is 1. The summed E-state index contributed by atoms with van der Waals surface area (Å²) < 4.78 is 11.1. The van der Waals surface area contributed by atoms with E-state index in [1.807, 2.05) is 36.1 Å². The minimum Gasteiger partial charge on any atom is -0.496 e. The van der Waals surface area contributed by atoms with Crippen molar-refractivity contribution in [3.05, 3.63) is 29.8 Å². The van der Waals surface area contributed by atoms with Crippen LogP contribution in [0.2, 0.25) is 0 Å². The number of hydrogen-bond acceptors (Lipinski definition) is 4. The number of rotatable bonds is 6. The Hall–Kier alpha value is -1.59. The molecule has 1 aromatic carbocycles. The highest BCUT2D eigenvalue weighted by Crippen LogP contribution is 2.26. The van der Waals surface area contributed by atoms with Gasteiger partial charge in [-0.2, -0.15) is 0 Å². The monoisotopic (exact) mass is 292 g/mol. The molecule has 1 saturated heterocycles. The number of nitrogens with two attached hydrogens (primary N) is 1. The minimum atomic E-state index is -0.310. The van der Waals surface area contributed by atoms with Crippen LogP contribution < -0.4 is 10.5 Å². The van der Waals surface area contributed by atoms with Crippen LogP contribution in [0.3, 0.4) is 0 Å². The fourth-order valence-corrected chi connectivity index (χ4v) is 2.68. The predicted octanol–water partition coefficient (Wildman–Crippen LogP) is 1.55. The summed E-state index contributed by atoms with van der Waals surface area (Å²) in [6, 6.07) is 7.78. The van der Waals surface area contributed by atoms with E-state index in [0.717, 1.165) is 24.2 Å². The smallest absolute Gasteiger partial charge is 0.249 e. The highest BCUT2D eigenvalue weighted by molar-refractivity contribution is 5.78. The topological polar surface area (TPSA) is 64.8 Å². The van der Waals surface area contributed by atoms with Crippen LogP contribution >= 0.6 is 0 Å². The van der Waals surface area contributed by atoms with Crippen molar-refractivity contribution >= 4 is 5.91 Å². The van der Waals surface area contributed by atoms with Gasteiger partial charge in [0.05, 0.1) is 12.7 Å². The van der Waals surface area contributed by atoms with Crippen molar-refractivity contribution in [2.24, 2.45) is 5.73 Å². The van der Waals surface area contributed by atoms with E-state index in [4.69, 9.17) is 15.2 Å². The van der Waals surface area contributed by atoms with E-state index in [9.17, 15) is 4.79 Å². The molecule has 1 amide bonds. The van der Waals surface area contributed by atoms with Crippen LogP contribution in [-0.2, 0) is 16.1 Å². The van der Waals surface area contributed by atoms with Crippen LogP contribution in [0.15, 0.2) is 24.3 Å². The molecule has 21 heavy (non-hydrogen) atoms. The first kappa shape index (κ1) is 15.8. The normalized spacial score (nSPS) is 22.4. The molecule has 116 valence electrons. The van der Waals surface area contributed by atoms with Crippen LogP contribution in [0, 0.1) is 0 Å². The first-order chi connectivity index (χ1) is 10.1. The first-order valence-corrected chi connectivity index (χ1v) is 7.32. The number of hydrogen-bond donors (Lipinski definition) is 1. The Balaban J connectivity index is 2.08. The quantitative estimate of drug-likeness (QED) is 0.864. The fourth-order valence-electron chi connectivity index (χ4n) is 2.68. The molecule has 1 atom stereocenters. The lowest BCUT2D eigenvalue weighted by Gasteiger charge is -2.40. The van der Waals surface area contributed by atoms with Gasteiger partial charge in [-0.3, -0.25) is 4.79 Å². The van der Waals surface area contributed by atoms with Gasteiger partial charge in [0.15, 0.2) is 0 Å². The zero-order valence-corrected chi connectivity index (χ0v) is 12.8. The van der Waals surface area contributed by atoms with E-state index < -0.39 is 0 Å². The molecule has 0 spiro atoms. The molecule has 0 radical (unpaired) electrons. The SMILES string of the molecule is COc1ccccc1CN1CC(C)(CCCN)OCC1=O. The Morgan fingerprint density at radius 2 is 2.19 bits per heavy atom. The molecule has 0 saturated carbocycles. The maximum absolute atomic E-state index is 12.1. The molecule has 1 unspecified atom stereocenters. The molecular formula is C16H24N2O3. The van der Waals surface area contributed by atoms with Crippen molar-refractivity contribution in [3.8, 4) is 5.75 Å². The Morgan fingerprint density at radius 1 is 1.43 bits per heavy atom. The number of methoxy groups -OCH3 is 1. The second-order valence-electron chi connectivity index (χ2n) is 5.69. The number of para-hydroxylation sites is 1. The molecule has 2 rings (SSSR count). The number of carbonyl (C=O) groups is 1. The van der Waals surface area contributed by atoms with E-state index in [2.05, 4.69) is 0 Å². The van der Waals surface area contributed by atoms with Gasteiger partial charge in [-0.15, -0.1) is 0 Å². The fraction of sp³-hybridized carbons (Fsp3) is 0.562. The van der Waals surface area contributed by atoms with Crippen LogP contribution in [0.4, 0.5) is 0 Å². The molecule has 1 fully saturated rings. The summed E-state index contributed by atoms with van der Waals surface area (Å²) in [5, 5.41) is 0. The lowest BCUT2D eigenvalue weighted by atomic mass is 9.97. The van der Waals surface area contributed by atoms with E-state index in [1.54, 1.807) is 7.11 Å². The average molecular weight is 292 g/mol. The Kier molecular flexibility index (Phi) is 5.20. The van der Waals surface area contributed by atoms with E-state index in [-0.39, 0.29) is 18.1 Å². The first-order valence-electron chi connectivity index (χ1n) is 7.32. The standard InChI is InChI=1S/C16H24N2O3/c1-16(8-5-9-17)12-18(15(19)11-21-16)10-13-6-3-4-7-14(13)20-2/h3-4,6-7H,5,8-12,17H2,1-2H3. The van der Waals surface area contributed by atoms with Crippen molar-refractivity contribution in [2.45, 2.75) is 31.9 Å². The molecule has 5 heteroatoms. The second kappa shape index (κ2) is 6.91. The summed E-state index contributed by atoms with van der Waals surface area (Å²) in [5.41, 5.74) is 6.28. The van der Waals surface area contributed by atoms with Gasteiger partial charge in [0, 0.05) is 18.7 Å². The average Bonchev–Trinajstić information content (AvgIpc) is 2.50. The van der Waals surface area contributed by atoms with Crippen LogP contribution in [0.25, 0.3) is 0 Å². The van der Waals surface area contributed by atoms with E-state index >= 15 is 0 Å². The molecule has 5 nitrogen and oxygen atoms in total. The zero-order chi connectivity index (χ0) is 15.3. The maximum Gasteiger partial charge on any atom is 0.249 e. The van der Waals surface area contributed by atoms with Gasteiger partial charge in [0.2, 0.25) is 5.91 Å². The van der Waals surface area contributed by atoms with E-state index in [1.165, 1.54) is 0 Å². The molecular weight excluding hydrogens is 268 g/mol. The van der Waals surface area contributed by atoms with Gasteiger partial charge in [-0.25, -0.2) is 0 Å². The zero-order valence-electron chi connectivity index (χ0n) is 12.8. The summed E-state index contributed by atoms with van der Waals surface area (Å²) in [6.07, 6.45) is 1.76. The highest BCUT2D eigenvalue weighted by atomic mass is 16.5. The Bertz CT molecular complexity index is 492. The molecule has 0 bridgehead atoms. The number of amides is 1. The Morgan fingerprint density at radius 3 is 2.90 bits per heavy atom. The van der Waals surface area contributed by atoms with Crippen molar-refractivity contribution in [2.75, 3.05) is 26.8 Å². The molecule has 1 aliphatic heterocycles. The predicted molar refractivity (Wildman–Crippen MR) is 81.1 cm³/mol. The molecule has 2 N–H and O–H groups in total. The van der Waals surface area contributed by atoms with Gasteiger partial charge in [-0.1, -0.05) is 18.2 Å². The van der Waals surface area contributed by atoms with E-state index in [0.29, 0.717) is 19.6 Å². The highest BCUT2D eigenvalue weighted by Gasteiger charge is 2.35. The lowest BCUT2D eigenvalue weighted by molar-refractivity contribution is -0.163. The van der Waals surface area contributed by atoms with Crippen LogP contribution in [0.1, 0.15) is 25.3 Å². The molecule has 0 aromatic heterocycles. The molecule has 0 aliphatic carbocycles. The summed E-state index contributed by atoms with van der Waals surface area (Å²) in [6.45, 7) is 3.95. The van der Waals surface area contributed by atoms with Gasteiger partial charge < -0.3 is 20.1 Å². The third-order valence-electron chi connectivity index (χ3n) is 3.89. The number of benzene rings is 1. The summed E-state index contributed by atoms with van der Waals surface area (Å²) >= 11 is 0. The minimum absolute atomic E-state index is 0.0196. The summed E-state index contributed by atoms with van der Waals surface area (Å²) in [7, 11) is 1.64. The van der Waals surface area contributed by atoms with Crippen LogP contribution in [-0.4, -0.2) is 43.2 Å². The largest absolute Gasteiger partial charge is 0.496 e. The third kappa shape index (κ3) is 3.95. The van der Waals surface area contributed by atoms with Crippen molar-refractivity contribution < 1.29 is 14.3 Å². The van der Waals surface area contributed by atoms with Crippen molar-refractivity contribution in [3.63, 3.8) is 0 Å². The van der Waals surface area contributed by atoms with Crippen molar-refractivity contribution in [1.29, 1.82) is 0 Å². The number of morpholine rings is 1. The lowest BCUT2D eigenvalue weighted by Crippen LogP contribution is -2.52. The number of nitrogens with zero attached hydrogens (tertiary/aromatic N) is 1. The molecule has 1 aliphatic rings. The van der Waals surface area contributed by atoms with Crippen molar-refractivity contribution in [1.82, 2.24) is 4.90 Å². The van der Waals surface area contributed by atoms with Gasteiger partial charge >= 0.3 is 0 Å². The van der Waals surface area contributed by atoms with Crippen LogP contribution in [0.5, 0.6) is 5.75 Å². The Labute approximate surface area is 126 Å². The van der Waals surface area contributed by atoms with Gasteiger partial charge in [0.1, 0.15) is 12.4 Å². The summed E-state index contributed by atoms with van der Waals surface area (Å²) in [5.74, 6) is 0.826. The maximum atomic E-state index is 12.1. The van der Waals surface area contributed by atoms with Gasteiger partial charge in [-0.05, 0) is 32.4 Å². The molecule has 1 heterocycles. The van der Waals surface area contributed by atoms with Gasteiger partial charge in [0.25, 0.3) is 0 Å². The summed E-state index contributed by atoms with van der Waals surface area (Å²) in [4.78, 5) is 13.9. The second-order valence-corrected chi connectivity index (χ2v) is 5.69. The number of ether oxygens (including phenoxy) is 2.